The monoisotopic (exact) mass is 261 g/mol. The van der Waals surface area contributed by atoms with Gasteiger partial charge in [0.1, 0.15) is 6.10 Å². The Kier molecular flexibility index (Phi) is 4.22. The van der Waals surface area contributed by atoms with Crippen molar-refractivity contribution in [2.24, 2.45) is 5.73 Å². The lowest BCUT2D eigenvalue weighted by Gasteiger charge is -2.13. The van der Waals surface area contributed by atoms with E-state index < -0.39 is 6.10 Å². The molecule has 0 saturated heterocycles. The number of benzene rings is 1. The summed E-state index contributed by atoms with van der Waals surface area (Å²) in [6, 6.07) is 7.14. The third kappa shape index (κ3) is 3.15. The molecule has 7 heteroatoms. The van der Waals surface area contributed by atoms with Crippen LogP contribution in [0.4, 0.5) is 5.69 Å². The Labute approximate surface area is 110 Å². The summed E-state index contributed by atoms with van der Waals surface area (Å²) < 4.78 is 4.95. The highest BCUT2D eigenvalue weighted by Gasteiger charge is 2.15. The second kappa shape index (κ2) is 6.07. The van der Waals surface area contributed by atoms with Gasteiger partial charge in [0, 0.05) is 19.3 Å². The van der Waals surface area contributed by atoms with E-state index in [1.165, 1.54) is 11.9 Å². The Morgan fingerprint density at radius 2 is 2.00 bits per heavy atom. The van der Waals surface area contributed by atoms with Gasteiger partial charge in [-0.15, -0.1) is 0 Å². The van der Waals surface area contributed by atoms with E-state index in [1.807, 2.05) is 0 Å². The number of rotatable bonds is 5. The maximum absolute atomic E-state index is 11.7. The number of hydrogen-bond acceptors (Lipinski definition) is 5. The minimum atomic E-state index is -0.646. The third-order valence-electron chi connectivity index (χ3n) is 2.58. The molecule has 0 bridgehead atoms. The zero-order valence-corrected chi connectivity index (χ0v) is 10.5. The van der Waals surface area contributed by atoms with Crippen molar-refractivity contribution in [2.45, 2.75) is 6.10 Å². The van der Waals surface area contributed by atoms with Gasteiger partial charge in [-0.25, -0.2) is 0 Å². The summed E-state index contributed by atoms with van der Waals surface area (Å²) >= 11 is 0. The zero-order valence-electron chi connectivity index (χ0n) is 10.5. The number of carbonyl (C=O) groups is 1. The molecule has 0 aliphatic rings. The van der Waals surface area contributed by atoms with Gasteiger partial charge < -0.3 is 15.8 Å². The van der Waals surface area contributed by atoms with Crippen molar-refractivity contribution >= 4 is 11.6 Å². The van der Waals surface area contributed by atoms with E-state index in [0.29, 0.717) is 5.69 Å². The number of nitrogens with zero attached hydrogens (tertiary/aromatic N) is 3. The lowest BCUT2D eigenvalue weighted by atomic mass is 10.2. The first-order chi connectivity index (χ1) is 9.24. The van der Waals surface area contributed by atoms with Crippen molar-refractivity contribution < 1.29 is 9.53 Å². The molecule has 1 atom stereocenters. The molecule has 0 saturated carbocycles. The van der Waals surface area contributed by atoms with Gasteiger partial charge in [0.2, 0.25) is 0 Å². The molecule has 1 aromatic heterocycles. The predicted molar refractivity (Wildman–Crippen MR) is 69.8 cm³/mol. The largest absolute Gasteiger partial charge is 0.370 e. The van der Waals surface area contributed by atoms with Crippen LogP contribution in [0.5, 0.6) is 0 Å². The lowest BCUT2D eigenvalue weighted by molar-refractivity contribution is -0.125. The number of carbonyl (C=O) groups excluding carboxylic acids is 1. The minimum Gasteiger partial charge on any atom is -0.370 e. The SMILES string of the molecule is COC(CN)C(=O)Nc1ccc(-n2nccn2)cc1. The number of anilines is 1. The maximum atomic E-state index is 11.7. The van der Waals surface area contributed by atoms with Crippen molar-refractivity contribution in [2.75, 3.05) is 19.0 Å². The second-order valence-corrected chi connectivity index (χ2v) is 3.81. The van der Waals surface area contributed by atoms with Crippen LogP contribution in [0, 0.1) is 0 Å². The van der Waals surface area contributed by atoms with Gasteiger partial charge >= 0.3 is 0 Å². The molecule has 1 unspecified atom stereocenters. The highest BCUT2D eigenvalue weighted by atomic mass is 16.5. The molecule has 0 aliphatic carbocycles. The summed E-state index contributed by atoms with van der Waals surface area (Å²) in [4.78, 5) is 13.2. The third-order valence-corrected chi connectivity index (χ3v) is 2.58. The number of methoxy groups -OCH3 is 1. The molecule has 2 aromatic rings. The molecule has 3 N–H and O–H groups in total. The number of ether oxygens (including phenoxy) is 1. The molecule has 19 heavy (non-hydrogen) atoms. The van der Waals surface area contributed by atoms with Crippen molar-refractivity contribution in [3.63, 3.8) is 0 Å². The van der Waals surface area contributed by atoms with Crippen molar-refractivity contribution in [3.8, 4) is 5.69 Å². The van der Waals surface area contributed by atoms with E-state index in [1.54, 1.807) is 36.7 Å². The molecule has 0 spiro atoms. The Morgan fingerprint density at radius 1 is 1.37 bits per heavy atom. The summed E-state index contributed by atoms with van der Waals surface area (Å²) in [5, 5.41) is 10.7. The first-order valence-electron chi connectivity index (χ1n) is 5.75. The quantitative estimate of drug-likeness (QED) is 0.800. The second-order valence-electron chi connectivity index (χ2n) is 3.81. The van der Waals surface area contributed by atoms with Crippen molar-refractivity contribution in [1.82, 2.24) is 15.0 Å². The Morgan fingerprint density at radius 3 is 2.53 bits per heavy atom. The molecule has 1 heterocycles. The number of hydrogen-bond donors (Lipinski definition) is 2. The van der Waals surface area contributed by atoms with Crippen LogP contribution >= 0.6 is 0 Å². The van der Waals surface area contributed by atoms with E-state index in [9.17, 15) is 4.79 Å². The number of aromatic nitrogens is 3. The van der Waals surface area contributed by atoms with Gasteiger partial charge in [0.25, 0.3) is 5.91 Å². The van der Waals surface area contributed by atoms with Crippen LogP contribution < -0.4 is 11.1 Å². The Balaban J connectivity index is 2.05. The Hall–Kier alpha value is -2.25. The molecule has 7 nitrogen and oxygen atoms in total. The van der Waals surface area contributed by atoms with Crippen molar-refractivity contribution in [1.29, 1.82) is 0 Å². The van der Waals surface area contributed by atoms with Crippen molar-refractivity contribution in [3.05, 3.63) is 36.7 Å². The topological polar surface area (TPSA) is 95.1 Å². The van der Waals surface area contributed by atoms with Gasteiger partial charge in [-0.05, 0) is 24.3 Å². The van der Waals surface area contributed by atoms with Gasteiger partial charge in [-0.2, -0.15) is 15.0 Å². The normalized spacial score (nSPS) is 12.1. The summed E-state index contributed by atoms with van der Waals surface area (Å²) in [6.45, 7) is 0.137. The number of amides is 1. The van der Waals surface area contributed by atoms with Gasteiger partial charge in [-0.3, -0.25) is 4.79 Å². The highest BCUT2D eigenvalue weighted by Crippen LogP contribution is 2.12. The van der Waals surface area contributed by atoms with E-state index in [4.69, 9.17) is 10.5 Å². The summed E-state index contributed by atoms with van der Waals surface area (Å²) in [6.07, 6.45) is 2.55. The fraction of sp³-hybridized carbons (Fsp3) is 0.250. The number of nitrogens with two attached hydrogens (primary N) is 1. The molecule has 1 aromatic carbocycles. The van der Waals surface area contributed by atoms with E-state index in [2.05, 4.69) is 15.5 Å². The highest BCUT2D eigenvalue weighted by molar-refractivity contribution is 5.94. The van der Waals surface area contributed by atoms with Crippen LogP contribution in [0.1, 0.15) is 0 Å². The fourth-order valence-electron chi connectivity index (χ4n) is 1.56. The van der Waals surface area contributed by atoms with Crippen LogP contribution in [0.2, 0.25) is 0 Å². The first kappa shape index (κ1) is 13.2. The molecule has 2 rings (SSSR count). The van der Waals surface area contributed by atoms with Gasteiger partial charge in [0.05, 0.1) is 18.1 Å². The molecule has 100 valence electrons. The van der Waals surface area contributed by atoms with Crippen LogP contribution in [0.15, 0.2) is 36.7 Å². The lowest BCUT2D eigenvalue weighted by Crippen LogP contribution is -2.35. The standard InChI is InChI=1S/C12H15N5O2/c1-19-11(8-13)12(18)16-9-2-4-10(5-3-9)17-14-6-7-15-17/h2-7,11H,8,13H2,1H3,(H,16,18). The molecule has 0 radical (unpaired) electrons. The molecule has 0 aliphatic heterocycles. The van der Waals surface area contributed by atoms with Crippen LogP contribution in [-0.2, 0) is 9.53 Å². The molecule has 0 fully saturated rings. The average Bonchev–Trinajstić information content (AvgIpc) is 2.95. The smallest absolute Gasteiger partial charge is 0.254 e. The summed E-state index contributed by atoms with van der Waals surface area (Å²) in [7, 11) is 1.45. The summed E-state index contributed by atoms with van der Waals surface area (Å²) in [5.41, 5.74) is 6.89. The molecular formula is C12H15N5O2. The van der Waals surface area contributed by atoms with Crippen LogP contribution in [-0.4, -0.2) is 40.7 Å². The predicted octanol–water partition coefficient (Wildman–Crippen LogP) is 0.179. The Bertz CT molecular complexity index is 520. The number of nitrogens with one attached hydrogen (secondary N) is 1. The van der Waals surface area contributed by atoms with Gasteiger partial charge in [0.15, 0.2) is 0 Å². The first-order valence-corrected chi connectivity index (χ1v) is 5.75. The van der Waals surface area contributed by atoms with Crippen LogP contribution in [0.25, 0.3) is 5.69 Å². The average molecular weight is 261 g/mol. The maximum Gasteiger partial charge on any atom is 0.254 e. The zero-order chi connectivity index (χ0) is 13.7. The molecule has 1 amide bonds. The van der Waals surface area contributed by atoms with E-state index >= 15 is 0 Å². The summed E-state index contributed by atoms with van der Waals surface area (Å²) in [5.74, 6) is -0.269. The van der Waals surface area contributed by atoms with E-state index in [-0.39, 0.29) is 12.5 Å². The fourth-order valence-corrected chi connectivity index (χ4v) is 1.56. The minimum absolute atomic E-state index is 0.137. The van der Waals surface area contributed by atoms with Crippen LogP contribution in [0.3, 0.4) is 0 Å². The van der Waals surface area contributed by atoms with E-state index in [0.717, 1.165) is 5.69 Å². The van der Waals surface area contributed by atoms with Gasteiger partial charge in [-0.1, -0.05) is 0 Å². The molecular weight excluding hydrogens is 246 g/mol.